The number of rotatable bonds is 6. The Kier molecular flexibility index (Phi) is 7.89. The fraction of sp³-hybridized carbons (Fsp3) is 0.0476. The van der Waals surface area contributed by atoms with E-state index in [1.807, 2.05) is 36.4 Å². The van der Waals surface area contributed by atoms with Gasteiger partial charge in [0.2, 0.25) is 0 Å². The monoisotopic (exact) mass is 598 g/mol. The van der Waals surface area contributed by atoms with Crippen molar-refractivity contribution in [2.75, 3.05) is 0 Å². The molecule has 1 amide bonds. The molecule has 0 saturated heterocycles. The largest absolute Gasteiger partial charge is 0.487 e. The van der Waals surface area contributed by atoms with Gasteiger partial charge in [-0.25, -0.2) is 5.43 Å². The summed E-state index contributed by atoms with van der Waals surface area (Å²) in [7, 11) is 0. The van der Waals surface area contributed by atoms with Gasteiger partial charge in [-0.2, -0.15) is 5.10 Å². The van der Waals surface area contributed by atoms with E-state index in [1.54, 1.807) is 30.5 Å². The molecule has 0 aliphatic heterocycles. The summed E-state index contributed by atoms with van der Waals surface area (Å²) in [5.74, 6) is 0.310. The average Bonchev–Trinajstić information content (AvgIpc) is 2.69. The Bertz CT molecular complexity index is 1030. The molecule has 0 aromatic heterocycles. The Morgan fingerprint density at radius 3 is 2.34 bits per heavy atom. The van der Waals surface area contributed by atoms with Crippen molar-refractivity contribution in [3.63, 3.8) is 0 Å². The van der Waals surface area contributed by atoms with Gasteiger partial charge in [-0.1, -0.05) is 51.8 Å². The third-order valence-electron chi connectivity index (χ3n) is 3.82. The van der Waals surface area contributed by atoms with Crippen LogP contribution in [-0.4, -0.2) is 12.1 Å². The van der Waals surface area contributed by atoms with Crippen LogP contribution in [-0.2, 0) is 6.61 Å². The van der Waals surface area contributed by atoms with Crippen LogP contribution in [0.4, 0.5) is 0 Å². The molecule has 0 saturated carbocycles. The van der Waals surface area contributed by atoms with Crippen LogP contribution in [0.3, 0.4) is 0 Å². The maximum atomic E-state index is 12.1. The zero-order valence-electron chi connectivity index (χ0n) is 14.8. The summed E-state index contributed by atoms with van der Waals surface area (Å²) in [6, 6.07) is 18.4. The van der Waals surface area contributed by atoms with E-state index in [-0.39, 0.29) is 5.91 Å². The molecule has 0 aliphatic rings. The lowest BCUT2D eigenvalue weighted by atomic mass is 10.2. The zero-order chi connectivity index (χ0) is 20.8. The molecule has 8 heteroatoms. The predicted molar refractivity (Wildman–Crippen MR) is 127 cm³/mol. The maximum absolute atomic E-state index is 12.1. The fourth-order valence-corrected chi connectivity index (χ4v) is 4.34. The number of nitrogens with zero attached hydrogens (tertiary/aromatic N) is 1. The van der Waals surface area contributed by atoms with Crippen molar-refractivity contribution in [1.82, 2.24) is 5.43 Å². The minimum atomic E-state index is -0.376. The number of nitrogens with one attached hydrogen (secondary N) is 1. The van der Waals surface area contributed by atoms with Crippen LogP contribution in [0.5, 0.6) is 5.75 Å². The minimum absolute atomic E-state index is 0.366. The summed E-state index contributed by atoms with van der Waals surface area (Å²) in [6.45, 7) is 0.436. The van der Waals surface area contributed by atoms with Gasteiger partial charge in [0, 0.05) is 4.47 Å². The number of benzene rings is 3. The number of ether oxygens (including phenoxy) is 1. The van der Waals surface area contributed by atoms with Crippen molar-refractivity contribution in [1.29, 1.82) is 0 Å². The van der Waals surface area contributed by atoms with Crippen LogP contribution in [0.2, 0.25) is 5.02 Å². The van der Waals surface area contributed by atoms with Gasteiger partial charge >= 0.3 is 0 Å². The van der Waals surface area contributed by atoms with Crippen LogP contribution in [0.25, 0.3) is 0 Å². The second-order valence-corrected chi connectivity index (χ2v) is 8.94. The highest BCUT2D eigenvalue weighted by Gasteiger charge is 2.10. The van der Waals surface area contributed by atoms with E-state index in [2.05, 4.69) is 58.3 Å². The SMILES string of the molecule is O=C(N/N=C\c1cc(Br)c(OCc2ccc(Br)cc2)c(Br)c1)c1ccccc1Cl. The molecule has 3 aromatic rings. The Balaban J connectivity index is 1.65. The van der Waals surface area contributed by atoms with Gasteiger partial charge in [-0.05, 0) is 79.4 Å². The van der Waals surface area contributed by atoms with Crippen molar-refractivity contribution < 1.29 is 9.53 Å². The van der Waals surface area contributed by atoms with Gasteiger partial charge in [0.15, 0.2) is 0 Å². The Hall–Kier alpha value is -1.67. The Morgan fingerprint density at radius 1 is 1.03 bits per heavy atom. The molecule has 3 rings (SSSR count). The Morgan fingerprint density at radius 2 is 1.69 bits per heavy atom. The van der Waals surface area contributed by atoms with E-state index in [1.165, 1.54) is 0 Å². The minimum Gasteiger partial charge on any atom is -0.487 e. The number of hydrogen-bond acceptors (Lipinski definition) is 3. The molecule has 4 nitrogen and oxygen atoms in total. The van der Waals surface area contributed by atoms with Crippen LogP contribution >= 0.6 is 59.4 Å². The van der Waals surface area contributed by atoms with E-state index < -0.39 is 0 Å². The first-order valence-corrected chi connectivity index (χ1v) is 11.1. The fourth-order valence-electron chi connectivity index (χ4n) is 2.40. The number of hydrogen-bond donors (Lipinski definition) is 1. The average molecular weight is 602 g/mol. The topological polar surface area (TPSA) is 50.7 Å². The molecule has 0 spiro atoms. The highest BCUT2D eigenvalue weighted by atomic mass is 79.9. The summed E-state index contributed by atoms with van der Waals surface area (Å²) in [4.78, 5) is 12.1. The second-order valence-electron chi connectivity index (χ2n) is 5.91. The first-order chi connectivity index (χ1) is 13.9. The van der Waals surface area contributed by atoms with Crippen LogP contribution < -0.4 is 10.2 Å². The molecule has 0 atom stereocenters. The predicted octanol–water partition coefficient (Wildman–Crippen LogP) is 6.97. The highest BCUT2D eigenvalue weighted by molar-refractivity contribution is 9.11. The summed E-state index contributed by atoms with van der Waals surface area (Å²) < 4.78 is 8.48. The molecule has 0 bridgehead atoms. The molecule has 29 heavy (non-hydrogen) atoms. The lowest BCUT2D eigenvalue weighted by Gasteiger charge is -2.11. The van der Waals surface area contributed by atoms with Gasteiger partial charge < -0.3 is 4.74 Å². The summed E-state index contributed by atoms with van der Waals surface area (Å²) in [6.07, 6.45) is 1.54. The molecule has 0 aliphatic carbocycles. The van der Waals surface area contributed by atoms with Crippen LogP contribution in [0.1, 0.15) is 21.5 Å². The quantitative estimate of drug-likeness (QED) is 0.245. The van der Waals surface area contributed by atoms with Crippen molar-refractivity contribution in [2.45, 2.75) is 6.61 Å². The summed E-state index contributed by atoms with van der Waals surface area (Å²) in [5.41, 5.74) is 4.67. The number of carbonyl (C=O) groups excluding carboxylic acids is 1. The normalized spacial score (nSPS) is 10.9. The van der Waals surface area contributed by atoms with Crippen molar-refractivity contribution in [2.24, 2.45) is 5.10 Å². The third kappa shape index (κ3) is 6.15. The second kappa shape index (κ2) is 10.4. The number of hydrazone groups is 1. The lowest BCUT2D eigenvalue weighted by molar-refractivity contribution is 0.0955. The summed E-state index contributed by atoms with van der Waals surface area (Å²) in [5, 5.41) is 4.38. The van der Waals surface area contributed by atoms with Gasteiger partial charge in [0.1, 0.15) is 12.4 Å². The van der Waals surface area contributed by atoms with E-state index in [0.29, 0.717) is 22.9 Å². The molecule has 1 N–H and O–H groups in total. The molecular formula is C21H14Br3ClN2O2. The molecule has 0 fully saturated rings. The first-order valence-electron chi connectivity index (χ1n) is 8.38. The molecule has 148 valence electrons. The molecule has 0 heterocycles. The first kappa shape index (κ1) is 22.0. The van der Waals surface area contributed by atoms with E-state index in [9.17, 15) is 4.79 Å². The van der Waals surface area contributed by atoms with E-state index in [0.717, 1.165) is 24.5 Å². The number of halogens is 4. The smallest absolute Gasteiger partial charge is 0.272 e. The maximum Gasteiger partial charge on any atom is 0.272 e. The standard InChI is InChI=1S/C21H14Br3ClN2O2/c22-15-7-5-13(6-8-15)12-29-20-17(23)9-14(10-18(20)24)11-26-27-21(28)16-3-1-2-4-19(16)25/h1-11H,12H2,(H,27,28)/b26-11-. The molecule has 0 radical (unpaired) electrons. The zero-order valence-corrected chi connectivity index (χ0v) is 20.3. The van der Waals surface area contributed by atoms with Crippen molar-refractivity contribution in [3.05, 3.63) is 95.8 Å². The highest BCUT2D eigenvalue weighted by Crippen LogP contribution is 2.35. The number of amides is 1. The van der Waals surface area contributed by atoms with E-state index >= 15 is 0 Å². The van der Waals surface area contributed by atoms with Crippen LogP contribution in [0.15, 0.2) is 79.2 Å². The third-order valence-corrected chi connectivity index (χ3v) is 5.85. The Labute approximate surface area is 198 Å². The lowest BCUT2D eigenvalue weighted by Crippen LogP contribution is -2.17. The number of carbonyl (C=O) groups is 1. The van der Waals surface area contributed by atoms with Crippen molar-refractivity contribution >= 4 is 71.5 Å². The van der Waals surface area contributed by atoms with Crippen molar-refractivity contribution in [3.8, 4) is 5.75 Å². The van der Waals surface area contributed by atoms with Gasteiger partial charge in [0.05, 0.1) is 25.7 Å². The van der Waals surface area contributed by atoms with Gasteiger partial charge in [-0.3, -0.25) is 4.79 Å². The van der Waals surface area contributed by atoms with Gasteiger partial charge in [-0.15, -0.1) is 0 Å². The van der Waals surface area contributed by atoms with Crippen LogP contribution in [0, 0.1) is 0 Å². The molecule has 0 unspecified atom stereocenters. The van der Waals surface area contributed by atoms with E-state index in [4.69, 9.17) is 16.3 Å². The van der Waals surface area contributed by atoms with Gasteiger partial charge in [0.25, 0.3) is 5.91 Å². The molecule has 3 aromatic carbocycles. The molecular weight excluding hydrogens is 587 g/mol. The summed E-state index contributed by atoms with van der Waals surface area (Å²) >= 11 is 16.5.